The van der Waals surface area contributed by atoms with Gasteiger partial charge in [-0.1, -0.05) is 49.2 Å². The van der Waals surface area contributed by atoms with E-state index in [-0.39, 0.29) is 10.6 Å². The molecular weight excluding hydrogens is 382 g/mol. The molecular formula is C23H33N3O2S. The van der Waals surface area contributed by atoms with Crippen molar-refractivity contribution in [3.8, 4) is 0 Å². The maximum Gasteiger partial charge on any atom is 0.242 e. The van der Waals surface area contributed by atoms with Crippen LogP contribution in [0.2, 0.25) is 0 Å². The number of nitrogens with two attached hydrogens (primary N) is 1. The minimum absolute atomic E-state index is 0.162. The van der Waals surface area contributed by atoms with E-state index < -0.39 is 10.0 Å². The molecule has 2 aromatic rings. The van der Waals surface area contributed by atoms with Gasteiger partial charge >= 0.3 is 0 Å². The van der Waals surface area contributed by atoms with Crippen molar-refractivity contribution in [2.24, 2.45) is 5.92 Å². The van der Waals surface area contributed by atoms with Crippen LogP contribution in [-0.4, -0.2) is 28.1 Å². The molecule has 1 aliphatic rings. The number of hydrogen-bond acceptors (Lipinski definition) is 4. The molecule has 5 nitrogen and oxygen atoms in total. The van der Waals surface area contributed by atoms with Gasteiger partial charge < -0.3 is 11.1 Å². The minimum Gasteiger partial charge on any atom is -0.398 e. The van der Waals surface area contributed by atoms with Crippen LogP contribution < -0.4 is 15.8 Å². The third-order valence-electron chi connectivity index (χ3n) is 5.66. The molecule has 0 radical (unpaired) electrons. The third-order valence-corrected chi connectivity index (χ3v) is 7.20. The fourth-order valence-electron chi connectivity index (χ4n) is 3.99. The Morgan fingerprint density at radius 3 is 2.38 bits per heavy atom. The zero-order valence-electron chi connectivity index (χ0n) is 17.1. The molecule has 29 heavy (non-hydrogen) atoms. The Morgan fingerprint density at radius 1 is 0.897 bits per heavy atom. The van der Waals surface area contributed by atoms with E-state index in [4.69, 9.17) is 5.73 Å². The van der Waals surface area contributed by atoms with Crippen molar-refractivity contribution >= 4 is 15.7 Å². The number of aryl methyl sites for hydroxylation is 1. The second-order valence-corrected chi connectivity index (χ2v) is 9.67. The lowest BCUT2D eigenvalue weighted by Gasteiger charge is -2.24. The molecule has 158 valence electrons. The minimum atomic E-state index is -3.51. The molecule has 0 spiro atoms. The fourth-order valence-corrected chi connectivity index (χ4v) is 5.20. The van der Waals surface area contributed by atoms with Gasteiger partial charge in [0.05, 0.1) is 5.69 Å². The number of para-hydroxylation sites is 1. The van der Waals surface area contributed by atoms with Crippen molar-refractivity contribution in [2.75, 3.05) is 25.4 Å². The smallest absolute Gasteiger partial charge is 0.242 e. The van der Waals surface area contributed by atoms with E-state index in [0.29, 0.717) is 6.54 Å². The quantitative estimate of drug-likeness (QED) is 0.387. The number of sulfonamides is 1. The van der Waals surface area contributed by atoms with Crippen molar-refractivity contribution in [1.82, 2.24) is 10.0 Å². The van der Waals surface area contributed by atoms with Crippen molar-refractivity contribution in [3.63, 3.8) is 0 Å². The van der Waals surface area contributed by atoms with Crippen molar-refractivity contribution in [1.29, 1.82) is 0 Å². The molecule has 0 saturated carbocycles. The van der Waals surface area contributed by atoms with E-state index in [1.807, 2.05) is 0 Å². The summed E-state index contributed by atoms with van der Waals surface area (Å²) in [5, 5.41) is 3.60. The van der Waals surface area contributed by atoms with Crippen LogP contribution in [0.1, 0.15) is 43.2 Å². The Bertz CT molecular complexity index is 883. The zero-order chi connectivity index (χ0) is 20.5. The van der Waals surface area contributed by atoms with Crippen LogP contribution in [0.15, 0.2) is 53.4 Å². The van der Waals surface area contributed by atoms with E-state index in [1.165, 1.54) is 36.5 Å². The van der Waals surface area contributed by atoms with Gasteiger partial charge in [0.2, 0.25) is 10.0 Å². The number of nitrogen functional groups attached to an aromatic ring is 1. The summed E-state index contributed by atoms with van der Waals surface area (Å²) in [6, 6.07) is 15.4. The Kier molecular flexibility index (Phi) is 8.09. The van der Waals surface area contributed by atoms with Crippen molar-refractivity contribution in [3.05, 3.63) is 59.7 Å². The molecule has 1 aliphatic carbocycles. The SMILES string of the molecule is Nc1ccccc1S(=O)(=O)NCCCCCCNCC1CCc2ccccc2C1. The highest BCUT2D eigenvalue weighted by atomic mass is 32.2. The van der Waals surface area contributed by atoms with Gasteiger partial charge in [-0.15, -0.1) is 0 Å². The van der Waals surface area contributed by atoms with Crippen LogP contribution in [0.25, 0.3) is 0 Å². The highest BCUT2D eigenvalue weighted by Crippen LogP contribution is 2.24. The Labute approximate surface area is 175 Å². The summed E-state index contributed by atoms with van der Waals surface area (Å²) in [4.78, 5) is 0.162. The lowest BCUT2D eigenvalue weighted by Crippen LogP contribution is -2.28. The number of anilines is 1. The van der Waals surface area contributed by atoms with E-state index in [9.17, 15) is 8.42 Å². The average Bonchev–Trinajstić information content (AvgIpc) is 2.72. The number of hydrogen-bond donors (Lipinski definition) is 3. The number of rotatable bonds is 11. The molecule has 1 unspecified atom stereocenters. The first kappa shape index (κ1) is 21.8. The molecule has 0 bridgehead atoms. The largest absolute Gasteiger partial charge is 0.398 e. The van der Waals surface area contributed by atoms with Gasteiger partial charge in [0, 0.05) is 6.54 Å². The van der Waals surface area contributed by atoms with Crippen LogP contribution in [0, 0.1) is 5.92 Å². The third kappa shape index (κ3) is 6.56. The second kappa shape index (κ2) is 10.8. The maximum atomic E-state index is 12.3. The number of nitrogens with one attached hydrogen (secondary N) is 2. The first-order chi connectivity index (χ1) is 14.1. The predicted molar refractivity (Wildman–Crippen MR) is 119 cm³/mol. The van der Waals surface area contributed by atoms with Gasteiger partial charge in [0.1, 0.15) is 4.90 Å². The predicted octanol–water partition coefficient (Wildman–Crippen LogP) is 3.50. The van der Waals surface area contributed by atoms with Gasteiger partial charge in [-0.2, -0.15) is 0 Å². The first-order valence-corrected chi connectivity index (χ1v) is 12.2. The van der Waals surface area contributed by atoms with Crippen LogP contribution in [-0.2, 0) is 22.9 Å². The monoisotopic (exact) mass is 415 g/mol. The van der Waals surface area contributed by atoms with Crippen LogP contribution >= 0.6 is 0 Å². The van der Waals surface area contributed by atoms with E-state index in [1.54, 1.807) is 18.2 Å². The molecule has 1 atom stereocenters. The zero-order valence-corrected chi connectivity index (χ0v) is 17.9. The summed E-state index contributed by atoms with van der Waals surface area (Å²) in [5.74, 6) is 0.740. The Morgan fingerprint density at radius 2 is 1.59 bits per heavy atom. The molecule has 6 heteroatoms. The lowest BCUT2D eigenvalue weighted by molar-refractivity contribution is 0.420. The highest BCUT2D eigenvalue weighted by Gasteiger charge is 2.18. The van der Waals surface area contributed by atoms with Gasteiger partial charge in [-0.3, -0.25) is 0 Å². The summed E-state index contributed by atoms with van der Waals surface area (Å²) in [6.45, 7) is 2.57. The van der Waals surface area contributed by atoms with Gasteiger partial charge in [-0.25, -0.2) is 13.1 Å². The lowest BCUT2D eigenvalue weighted by atomic mass is 9.84. The summed E-state index contributed by atoms with van der Waals surface area (Å²) in [6.07, 6.45) is 7.76. The summed E-state index contributed by atoms with van der Waals surface area (Å²) < 4.78 is 27.2. The number of benzene rings is 2. The second-order valence-electron chi connectivity index (χ2n) is 7.93. The van der Waals surface area contributed by atoms with Crippen LogP contribution in [0.4, 0.5) is 5.69 Å². The highest BCUT2D eigenvalue weighted by molar-refractivity contribution is 7.89. The molecule has 3 rings (SSSR count). The van der Waals surface area contributed by atoms with Crippen molar-refractivity contribution < 1.29 is 8.42 Å². The van der Waals surface area contributed by atoms with E-state index in [2.05, 4.69) is 34.3 Å². The standard InChI is InChI=1S/C23H33N3O2S/c24-22-11-5-6-12-23(22)29(27,28)26-16-8-2-1-7-15-25-18-19-13-14-20-9-3-4-10-21(20)17-19/h3-6,9-12,19,25-26H,1-2,7-8,13-18,24H2. The molecule has 0 amide bonds. The van der Waals surface area contributed by atoms with E-state index in [0.717, 1.165) is 44.7 Å². The van der Waals surface area contributed by atoms with Crippen molar-refractivity contribution in [2.45, 2.75) is 49.8 Å². The Balaban J connectivity index is 1.23. The summed E-state index contributed by atoms with van der Waals surface area (Å²) in [5.41, 5.74) is 9.08. The number of fused-ring (bicyclic) bond motifs is 1. The first-order valence-electron chi connectivity index (χ1n) is 10.7. The molecule has 0 fully saturated rings. The van der Waals surface area contributed by atoms with Crippen LogP contribution in [0.3, 0.4) is 0 Å². The summed E-state index contributed by atoms with van der Waals surface area (Å²) in [7, 11) is -3.51. The molecule has 0 saturated heterocycles. The normalized spacial score (nSPS) is 16.5. The fraction of sp³-hybridized carbons (Fsp3) is 0.478. The average molecular weight is 416 g/mol. The topological polar surface area (TPSA) is 84.2 Å². The maximum absolute atomic E-state index is 12.3. The molecule has 0 aliphatic heterocycles. The van der Waals surface area contributed by atoms with Gasteiger partial charge in [-0.05, 0) is 74.4 Å². The molecule has 0 heterocycles. The van der Waals surface area contributed by atoms with Gasteiger partial charge in [0.15, 0.2) is 0 Å². The van der Waals surface area contributed by atoms with E-state index >= 15 is 0 Å². The Hall–Kier alpha value is -1.89. The summed E-state index contributed by atoms with van der Waals surface area (Å²) >= 11 is 0. The number of unbranched alkanes of at least 4 members (excludes halogenated alkanes) is 3. The molecule has 2 aromatic carbocycles. The molecule has 4 N–H and O–H groups in total. The van der Waals surface area contributed by atoms with Gasteiger partial charge in [0.25, 0.3) is 0 Å². The van der Waals surface area contributed by atoms with Crippen LogP contribution in [0.5, 0.6) is 0 Å². The molecule has 0 aromatic heterocycles.